The van der Waals surface area contributed by atoms with E-state index in [9.17, 15) is 18.0 Å². The molecule has 1 atom stereocenters. The average Bonchev–Trinajstić information content (AvgIpc) is 2.83. The van der Waals surface area contributed by atoms with E-state index in [2.05, 4.69) is 5.32 Å². The number of amides is 1. The molecule has 0 bridgehead atoms. The van der Waals surface area contributed by atoms with E-state index in [1.165, 1.54) is 12.1 Å². The smallest absolute Gasteiger partial charge is 0.344 e. The summed E-state index contributed by atoms with van der Waals surface area (Å²) >= 11 is 11.6. The van der Waals surface area contributed by atoms with E-state index < -0.39 is 41.0 Å². The standard InChI is InChI=1S/C14H15Cl2NO6S/c15-9-1-2-12(11(16)5-9)22-7-14(19)23-6-13(18)17-10-3-4-24(20,21)8-10/h1-2,5,10H,3-4,6-8H2,(H,17,18)/t10-/m1/s1. The van der Waals surface area contributed by atoms with Gasteiger partial charge in [-0.25, -0.2) is 13.2 Å². The number of rotatable bonds is 6. The van der Waals surface area contributed by atoms with Crippen LogP contribution >= 0.6 is 23.2 Å². The lowest BCUT2D eigenvalue weighted by Gasteiger charge is -2.11. The fraction of sp³-hybridized carbons (Fsp3) is 0.429. The summed E-state index contributed by atoms with van der Waals surface area (Å²) in [6, 6.07) is 4.08. The molecule has 1 aromatic rings. The van der Waals surface area contributed by atoms with Crippen LogP contribution in [0.25, 0.3) is 0 Å². The minimum atomic E-state index is -3.08. The first-order chi connectivity index (χ1) is 11.2. The lowest BCUT2D eigenvalue weighted by molar-refractivity contribution is -0.150. The number of sulfone groups is 1. The van der Waals surface area contributed by atoms with Crippen molar-refractivity contribution in [3.8, 4) is 5.75 Å². The number of carbonyl (C=O) groups is 2. The van der Waals surface area contributed by atoms with E-state index in [0.29, 0.717) is 11.4 Å². The average molecular weight is 396 g/mol. The lowest BCUT2D eigenvalue weighted by Crippen LogP contribution is -2.38. The van der Waals surface area contributed by atoms with Gasteiger partial charge in [-0.2, -0.15) is 0 Å². The van der Waals surface area contributed by atoms with Crippen molar-refractivity contribution in [2.24, 2.45) is 0 Å². The molecule has 7 nitrogen and oxygen atoms in total. The quantitative estimate of drug-likeness (QED) is 0.726. The molecular formula is C14H15Cl2NO6S. The fourth-order valence-electron chi connectivity index (χ4n) is 2.09. The zero-order valence-corrected chi connectivity index (χ0v) is 14.8. The van der Waals surface area contributed by atoms with Gasteiger partial charge in [-0.15, -0.1) is 0 Å². The van der Waals surface area contributed by atoms with Crippen molar-refractivity contribution in [1.82, 2.24) is 5.32 Å². The van der Waals surface area contributed by atoms with Gasteiger partial charge in [0.1, 0.15) is 5.75 Å². The Labute approximate surface area is 149 Å². The number of nitrogens with one attached hydrogen (secondary N) is 1. The number of esters is 1. The third-order valence-electron chi connectivity index (χ3n) is 3.20. The molecule has 1 aliphatic heterocycles. The summed E-state index contributed by atoms with van der Waals surface area (Å²) in [5.41, 5.74) is 0. The predicted octanol–water partition coefficient (Wildman–Crippen LogP) is 1.22. The zero-order chi connectivity index (χ0) is 17.7. The fourth-order valence-corrected chi connectivity index (χ4v) is 4.23. The summed E-state index contributed by atoms with van der Waals surface area (Å²) in [6.07, 6.45) is 0.361. The highest BCUT2D eigenvalue weighted by atomic mass is 35.5. The molecule has 1 heterocycles. The van der Waals surface area contributed by atoms with Crippen LogP contribution in [0.1, 0.15) is 6.42 Å². The number of hydrogen-bond donors (Lipinski definition) is 1. The molecule has 132 valence electrons. The van der Waals surface area contributed by atoms with Crippen molar-refractivity contribution in [2.75, 3.05) is 24.7 Å². The van der Waals surface area contributed by atoms with Gasteiger partial charge in [0.2, 0.25) is 0 Å². The van der Waals surface area contributed by atoms with E-state index >= 15 is 0 Å². The maximum atomic E-state index is 11.6. The molecule has 0 saturated carbocycles. The van der Waals surface area contributed by atoms with E-state index in [4.69, 9.17) is 32.7 Å². The molecule has 0 aliphatic carbocycles. The molecule has 0 unspecified atom stereocenters. The van der Waals surface area contributed by atoms with Crippen LogP contribution in [-0.4, -0.2) is 51.1 Å². The van der Waals surface area contributed by atoms with Gasteiger partial charge >= 0.3 is 5.97 Å². The molecule has 1 aliphatic rings. The van der Waals surface area contributed by atoms with Gasteiger partial charge in [0.05, 0.1) is 16.5 Å². The Kier molecular flexibility index (Phi) is 6.31. The van der Waals surface area contributed by atoms with Gasteiger partial charge in [0, 0.05) is 11.1 Å². The maximum Gasteiger partial charge on any atom is 0.344 e. The lowest BCUT2D eigenvalue weighted by atomic mass is 10.2. The van der Waals surface area contributed by atoms with Crippen molar-refractivity contribution in [3.05, 3.63) is 28.2 Å². The van der Waals surface area contributed by atoms with Gasteiger partial charge in [-0.05, 0) is 24.6 Å². The van der Waals surface area contributed by atoms with E-state index in [-0.39, 0.29) is 22.3 Å². The van der Waals surface area contributed by atoms with Crippen LogP contribution in [0.15, 0.2) is 18.2 Å². The summed E-state index contributed by atoms with van der Waals surface area (Å²) in [6.45, 7) is -0.931. The number of ether oxygens (including phenoxy) is 2. The Bertz CT molecular complexity index is 737. The third kappa shape index (κ3) is 5.85. The second kappa shape index (κ2) is 8.04. The van der Waals surface area contributed by atoms with Crippen LogP contribution in [0, 0.1) is 0 Å². The molecule has 1 fully saturated rings. The van der Waals surface area contributed by atoms with E-state index in [1.807, 2.05) is 0 Å². The number of carbonyl (C=O) groups excluding carboxylic acids is 2. The summed E-state index contributed by atoms with van der Waals surface area (Å²) in [4.78, 5) is 23.2. The van der Waals surface area contributed by atoms with E-state index in [1.54, 1.807) is 6.07 Å². The van der Waals surface area contributed by atoms with Crippen LogP contribution in [0.5, 0.6) is 5.75 Å². The maximum absolute atomic E-state index is 11.6. The van der Waals surface area contributed by atoms with Crippen molar-refractivity contribution >= 4 is 44.9 Å². The second-order valence-electron chi connectivity index (χ2n) is 5.19. The normalized spacial score (nSPS) is 18.8. The molecule has 1 aromatic carbocycles. The van der Waals surface area contributed by atoms with Gasteiger partial charge in [0.15, 0.2) is 23.1 Å². The molecule has 1 saturated heterocycles. The number of benzene rings is 1. The Morgan fingerprint density at radius 1 is 1.25 bits per heavy atom. The monoisotopic (exact) mass is 395 g/mol. The number of halogens is 2. The van der Waals surface area contributed by atoms with Gasteiger partial charge in [-0.1, -0.05) is 23.2 Å². The summed E-state index contributed by atoms with van der Waals surface area (Å²) in [5, 5.41) is 3.18. The highest BCUT2D eigenvalue weighted by molar-refractivity contribution is 7.91. The molecule has 0 radical (unpaired) electrons. The molecular weight excluding hydrogens is 381 g/mol. The summed E-state index contributed by atoms with van der Waals surface area (Å²) < 4.78 is 32.5. The molecule has 2 rings (SSSR count). The predicted molar refractivity (Wildman–Crippen MR) is 88.1 cm³/mol. The summed E-state index contributed by atoms with van der Waals surface area (Å²) in [7, 11) is -3.08. The molecule has 0 aromatic heterocycles. The Balaban J connectivity index is 1.70. The first-order valence-electron chi connectivity index (χ1n) is 6.98. The minimum Gasteiger partial charge on any atom is -0.480 e. The largest absolute Gasteiger partial charge is 0.480 e. The van der Waals surface area contributed by atoms with Crippen molar-refractivity contribution in [2.45, 2.75) is 12.5 Å². The van der Waals surface area contributed by atoms with Crippen LogP contribution < -0.4 is 10.1 Å². The van der Waals surface area contributed by atoms with Gasteiger partial charge in [0.25, 0.3) is 5.91 Å². The van der Waals surface area contributed by atoms with Crippen LogP contribution in [0.4, 0.5) is 0 Å². The van der Waals surface area contributed by atoms with Crippen LogP contribution in [0.3, 0.4) is 0 Å². The zero-order valence-electron chi connectivity index (χ0n) is 12.5. The molecule has 10 heteroatoms. The molecule has 0 spiro atoms. The Morgan fingerprint density at radius 3 is 2.62 bits per heavy atom. The molecule has 24 heavy (non-hydrogen) atoms. The van der Waals surface area contributed by atoms with Gasteiger partial charge in [-0.3, -0.25) is 4.79 Å². The molecule has 1 N–H and O–H groups in total. The second-order valence-corrected chi connectivity index (χ2v) is 8.26. The van der Waals surface area contributed by atoms with Crippen molar-refractivity contribution in [1.29, 1.82) is 0 Å². The van der Waals surface area contributed by atoms with Crippen molar-refractivity contribution < 1.29 is 27.5 Å². The third-order valence-corrected chi connectivity index (χ3v) is 5.50. The first-order valence-corrected chi connectivity index (χ1v) is 9.56. The topological polar surface area (TPSA) is 98.8 Å². The first kappa shape index (κ1) is 18.8. The summed E-state index contributed by atoms with van der Waals surface area (Å²) in [5.74, 6) is -1.10. The van der Waals surface area contributed by atoms with Gasteiger partial charge < -0.3 is 14.8 Å². The van der Waals surface area contributed by atoms with Crippen LogP contribution in [0.2, 0.25) is 10.0 Å². The Hall–Kier alpha value is -1.51. The highest BCUT2D eigenvalue weighted by Crippen LogP contribution is 2.27. The minimum absolute atomic E-state index is 0.0490. The van der Waals surface area contributed by atoms with Crippen LogP contribution in [-0.2, 0) is 24.2 Å². The Morgan fingerprint density at radius 2 is 2.00 bits per heavy atom. The number of hydrogen-bond acceptors (Lipinski definition) is 6. The SMILES string of the molecule is O=C(COC(=O)COc1ccc(Cl)cc1Cl)N[C@@H]1CCS(=O)(=O)C1. The van der Waals surface area contributed by atoms with E-state index in [0.717, 1.165) is 0 Å². The molecule has 1 amide bonds. The highest BCUT2D eigenvalue weighted by Gasteiger charge is 2.29. The van der Waals surface area contributed by atoms with Crippen molar-refractivity contribution in [3.63, 3.8) is 0 Å².